The zero-order valence-electron chi connectivity index (χ0n) is 8.82. The summed E-state index contributed by atoms with van der Waals surface area (Å²) < 4.78 is 0. The Labute approximate surface area is 89.2 Å². The molecule has 2 fully saturated rings. The summed E-state index contributed by atoms with van der Waals surface area (Å²) in [6, 6.07) is 0.259. The molecule has 2 rings (SSSR count). The Hall–Kier alpha value is -0.940. The van der Waals surface area contributed by atoms with Gasteiger partial charge in [0.2, 0.25) is 11.8 Å². The SMILES string of the molecule is NC1CCN(CCN2C(=O)CCC2=O)C1. The minimum atomic E-state index is -0.0245. The monoisotopic (exact) mass is 211 g/mol. The fourth-order valence-electron chi connectivity index (χ4n) is 2.18. The standard InChI is InChI=1S/C10H17N3O2/c11-8-3-4-12(7-8)5-6-13-9(14)1-2-10(13)15/h8H,1-7,11H2. The molecule has 2 amide bonds. The summed E-state index contributed by atoms with van der Waals surface area (Å²) in [5, 5.41) is 0. The summed E-state index contributed by atoms with van der Waals surface area (Å²) in [6.07, 6.45) is 1.79. The van der Waals surface area contributed by atoms with Gasteiger partial charge in [-0.1, -0.05) is 0 Å². The molecule has 2 aliphatic rings. The molecule has 0 saturated carbocycles. The Morgan fingerprint density at radius 1 is 1.20 bits per heavy atom. The highest BCUT2D eigenvalue weighted by Crippen LogP contribution is 2.12. The van der Waals surface area contributed by atoms with Gasteiger partial charge in [-0.25, -0.2) is 0 Å². The number of hydrogen-bond acceptors (Lipinski definition) is 4. The van der Waals surface area contributed by atoms with Gasteiger partial charge >= 0.3 is 0 Å². The molecular weight excluding hydrogens is 194 g/mol. The van der Waals surface area contributed by atoms with E-state index in [4.69, 9.17) is 5.73 Å². The van der Waals surface area contributed by atoms with Crippen molar-refractivity contribution in [3.8, 4) is 0 Å². The quantitative estimate of drug-likeness (QED) is 0.619. The van der Waals surface area contributed by atoms with Gasteiger partial charge < -0.3 is 5.73 Å². The predicted octanol–water partition coefficient (Wildman–Crippen LogP) is -0.832. The van der Waals surface area contributed by atoms with Crippen LogP contribution in [0, 0.1) is 0 Å². The normalized spacial score (nSPS) is 28.1. The number of likely N-dealkylation sites (tertiary alicyclic amines) is 2. The van der Waals surface area contributed by atoms with Crippen LogP contribution in [0.25, 0.3) is 0 Å². The van der Waals surface area contributed by atoms with Crippen molar-refractivity contribution in [3.63, 3.8) is 0 Å². The number of carbonyl (C=O) groups is 2. The Kier molecular flexibility index (Phi) is 3.02. The van der Waals surface area contributed by atoms with Crippen molar-refractivity contribution in [1.82, 2.24) is 9.80 Å². The van der Waals surface area contributed by atoms with Crippen molar-refractivity contribution in [2.45, 2.75) is 25.3 Å². The Balaban J connectivity index is 1.78. The summed E-state index contributed by atoms with van der Waals surface area (Å²) in [7, 11) is 0. The van der Waals surface area contributed by atoms with Crippen molar-refractivity contribution in [1.29, 1.82) is 0 Å². The van der Waals surface area contributed by atoms with Crippen LogP contribution in [0.4, 0.5) is 0 Å². The molecule has 1 unspecified atom stereocenters. The second-order valence-corrected chi connectivity index (χ2v) is 4.29. The zero-order chi connectivity index (χ0) is 10.8. The minimum Gasteiger partial charge on any atom is -0.326 e. The average molecular weight is 211 g/mol. The van der Waals surface area contributed by atoms with Crippen LogP contribution in [0.2, 0.25) is 0 Å². The molecule has 0 spiro atoms. The van der Waals surface area contributed by atoms with E-state index in [2.05, 4.69) is 4.90 Å². The lowest BCUT2D eigenvalue weighted by molar-refractivity contribution is -0.138. The van der Waals surface area contributed by atoms with Crippen molar-refractivity contribution < 1.29 is 9.59 Å². The Morgan fingerprint density at radius 3 is 2.40 bits per heavy atom. The third-order valence-electron chi connectivity index (χ3n) is 3.10. The molecule has 0 aliphatic carbocycles. The number of amides is 2. The van der Waals surface area contributed by atoms with E-state index < -0.39 is 0 Å². The first kappa shape index (κ1) is 10.6. The molecule has 0 aromatic heterocycles. The van der Waals surface area contributed by atoms with Crippen LogP contribution >= 0.6 is 0 Å². The summed E-state index contributed by atoms with van der Waals surface area (Å²) in [4.78, 5) is 26.2. The number of carbonyl (C=O) groups excluding carboxylic acids is 2. The van der Waals surface area contributed by atoms with Gasteiger partial charge in [0.1, 0.15) is 0 Å². The molecule has 84 valence electrons. The van der Waals surface area contributed by atoms with Gasteiger partial charge in [0.05, 0.1) is 0 Å². The minimum absolute atomic E-state index is 0.0245. The molecule has 15 heavy (non-hydrogen) atoms. The van der Waals surface area contributed by atoms with E-state index >= 15 is 0 Å². The molecule has 1 atom stereocenters. The smallest absolute Gasteiger partial charge is 0.229 e. The van der Waals surface area contributed by atoms with E-state index in [1.807, 2.05) is 0 Å². The summed E-state index contributed by atoms with van der Waals surface area (Å²) in [5.41, 5.74) is 5.77. The average Bonchev–Trinajstić information content (AvgIpc) is 2.73. The second-order valence-electron chi connectivity index (χ2n) is 4.29. The lowest BCUT2D eigenvalue weighted by Crippen LogP contribution is -2.38. The number of imide groups is 1. The number of nitrogens with two attached hydrogens (primary N) is 1. The topological polar surface area (TPSA) is 66.6 Å². The lowest BCUT2D eigenvalue weighted by Gasteiger charge is -2.19. The maximum absolute atomic E-state index is 11.3. The largest absolute Gasteiger partial charge is 0.326 e. The third kappa shape index (κ3) is 2.35. The van der Waals surface area contributed by atoms with E-state index in [9.17, 15) is 9.59 Å². The molecule has 2 heterocycles. The van der Waals surface area contributed by atoms with Gasteiger partial charge in [-0.15, -0.1) is 0 Å². The van der Waals surface area contributed by atoms with Crippen molar-refractivity contribution in [2.24, 2.45) is 5.73 Å². The van der Waals surface area contributed by atoms with Crippen LogP contribution in [0.15, 0.2) is 0 Å². The highest BCUT2D eigenvalue weighted by atomic mass is 16.2. The number of nitrogens with zero attached hydrogens (tertiary/aromatic N) is 2. The van der Waals surface area contributed by atoms with Crippen LogP contribution in [0.1, 0.15) is 19.3 Å². The van der Waals surface area contributed by atoms with E-state index in [-0.39, 0.29) is 17.9 Å². The van der Waals surface area contributed by atoms with Crippen molar-refractivity contribution in [2.75, 3.05) is 26.2 Å². The van der Waals surface area contributed by atoms with Gasteiger partial charge in [0.25, 0.3) is 0 Å². The van der Waals surface area contributed by atoms with Crippen molar-refractivity contribution in [3.05, 3.63) is 0 Å². The fourth-order valence-corrected chi connectivity index (χ4v) is 2.18. The maximum atomic E-state index is 11.3. The number of hydrogen-bond donors (Lipinski definition) is 1. The van der Waals surface area contributed by atoms with E-state index in [0.717, 1.165) is 26.1 Å². The summed E-state index contributed by atoms with van der Waals surface area (Å²) in [5.74, 6) is -0.0491. The summed E-state index contributed by atoms with van der Waals surface area (Å²) >= 11 is 0. The number of rotatable bonds is 3. The molecular formula is C10H17N3O2. The molecule has 0 aromatic carbocycles. The second kappa shape index (κ2) is 4.28. The van der Waals surface area contributed by atoms with E-state index in [1.165, 1.54) is 4.90 Å². The van der Waals surface area contributed by atoms with Gasteiger partial charge in [0, 0.05) is 38.5 Å². The third-order valence-corrected chi connectivity index (χ3v) is 3.10. The first-order valence-electron chi connectivity index (χ1n) is 5.48. The van der Waals surface area contributed by atoms with E-state index in [1.54, 1.807) is 0 Å². The molecule has 0 radical (unpaired) electrons. The first-order chi connectivity index (χ1) is 7.16. The van der Waals surface area contributed by atoms with Crippen LogP contribution in [-0.4, -0.2) is 53.8 Å². The molecule has 2 N–H and O–H groups in total. The highest BCUT2D eigenvalue weighted by molar-refractivity contribution is 6.01. The molecule has 2 saturated heterocycles. The van der Waals surface area contributed by atoms with Crippen LogP contribution in [0.3, 0.4) is 0 Å². The Morgan fingerprint density at radius 2 is 1.87 bits per heavy atom. The van der Waals surface area contributed by atoms with Gasteiger partial charge in [-0.2, -0.15) is 0 Å². The molecule has 0 bridgehead atoms. The summed E-state index contributed by atoms with van der Waals surface area (Å²) in [6.45, 7) is 3.17. The molecule has 0 aromatic rings. The highest BCUT2D eigenvalue weighted by Gasteiger charge is 2.29. The molecule has 5 heteroatoms. The van der Waals surface area contributed by atoms with Crippen LogP contribution < -0.4 is 5.73 Å². The van der Waals surface area contributed by atoms with Crippen LogP contribution in [0.5, 0.6) is 0 Å². The fraction of sp³-hybridized carbons (Fsp3) is 0.800. The predicted molar refractivity (Wildman–Crippen MR) is 55.0 cm³/mol. The Bertz CT molecular complexity index is 264. The first-order valence-corrected chi connectivity index (χ1v) is 5.48. The van der Waals surface area contributed by atoms with Crippen LogP contribution in [-0.2, 0) is 9.59 Å². The van der Waals surface area contributed by atoms with Gasteiger partial charge in [-0.3, -0.25) is 19.4 Å². The molecule has 5 nitrogen and oxygen atoms in total. The molecule has 2 aliphatic heterocycles. The zero-order valence-corrected chi connectivity index (χ0v) is 8.82. The lowest BCUT2D eigenvalue weighted by atomic mass is 10.3. The maximum Gasteiger partial charge on any atom is 0.229 e. The van der Waals surface area contributed by atoms with Gasteiger partial charge in [0.15, 0.2) is 0 Å². The van der Waals surface area contributed by atoms with Crippen molar-refractivity contribution >= 4 is 11.8 Å². The van der Waals surface area contributed by atoms with Gasteiger partial charge in [-0.05, 0) is 13.0 Å². The van der Waals surface area contributed by atoms with E-state index in [0.29, 0.717) is 19.4 Å².